The van der Waals surface area contributed by atoms with Crippen molar-refractivity contribution in [2.75, 3.05) is 6.54 Å². The van der Waals surface area contributed by atoms with Gasteiger partial charge in [0, 0.05) is 25.2 Å². The second kappa shape index (κ2) is 5.40. The molecule has 7 nitrogen and oxygen atoms in total. The second-order valence-corrected chi connectivity index (χ2v) is 4.83. The molecule has 2 aromatic rings. The highest BCUT2D eigenvalue weighted by atomic mass is 16.2. The molecule has 20 heavy (non-hydrogen) atoms. The van der Waals surface area contributed by atoms with Crippen LogP contribution in [0.1, 0.15) is 21.7 Å². The Morgan fingerprint density at radius 3 is 3.15 bits per heavy atom. The van der Waals surface area contributed by atoms with Crippen molar-refractivity contribution in [2.24, 2.45) is 5.84 Å². The van der Waals surface area contributed by atoms with Gasteiger partial charge in [-0.1, -0.05) is 12.1 Å². The minimum Gasteiger partial charge on any atom is -0.315 e. The van der Waals surface area contributed by atoms with Crippen molar-refractivity contribution in [3.63, 3.8) is 0 Å². The van der Waals surface area contributed by atoms with Crippen LogP contribution in [-0.2, 0) is 19.6 Å². The molecule has 0 unspecified atom stereocenters. The summed E-state index contributed by atoms with van der Waals surface area (Å²) in [6.07, 6.45) is 1.76. The fourth-order valence-electron chi connectivity index (χ4n) is 2.40. The van der Waals surface area contributed by atoms with Crippen molar-refractivity contribution in [1.29, 1.82) is 0 Å². The number of nitrogen functional groups attached to an aromatic ring is 1. The summed E-state index contributed by atoms with van der Waals surface area (Å²) in [5, 5.41) is 8.01. The first-order chi connectivity index (χ1) is 9.76. The molecule has 3 rings (SSSR count). The molecule has 1 aromatic carbocycles. The maximum absolute atomic E-state index is 11.5. The third-order valence-corrected chi connectivity index (χ3v) is 3.44. The van der Waals surface area contributed by atoms with Crippen molar-refractivity contribution in [3.05, 3.63) is 47.5 Å². The van der Waals surface area contributed by atoms with Gasteiger partial charge in [0.05, 0.1) is 6.54 Å². The van der Waals surface area contributed by atoms with Gasteiger partial charge in [-0.15, -0.1) is 10.2 Å². The number of benzene rings is 1. The van der Waals surface area contributed by atoms with Gasteiger partial charge in [0.25, 0.3) is 5.91 Å². The smallest absolute Gasteiger partial charge is 0.265 e. The summed E-state index contributed by atoms with van der Waals surface area (Å²) in [6, 6.07) is 7.49. The van der Waals surface area contributed by atoms with Crippen LogP contribution < -0.4 is 11.3 Å². The molecular formula is C13H16N6O. The van der Waals surface area contributed by atoms with Crippen LogP contribution in [0.2, 0.25) is 0 Å². The molecule has 1 aliphatic heterocycles. The summed E-state index contributed by atoms with van der Waals surface area (Å²) in [7, 11) is 0. The van der Waals surface area contributed by atoms with E-state index in [1.165, 1.54) is 0 Å². The fraction of sp³-hybridized carbons (Fsp3) is 0.308. The SMILES string of the molecule is NNC(=O)c1cccc(CN2CCn3cnnc3C2)c1. The number of carbonyl (C=O) groups is 1. The van der Waals surface area contributed by atoms with E-state index in [1.54, 1.807) is 12.4 Å². The maximum atomic E-state index is 11.5. The van der Waals surface area contributed by atoms with Crippen molar-refractivity contribution < 1.29 is 4.79 Å². The lowest BCUT2D eigenvalue weighted by Gasteiger charge is -2.26. The Hall–Kier alpha value is -2.25. The van der Waals surface area contributed by atoms with Crippen molar-refractivity contribution in [3.8, 4) is 0 Å². The van der Waals surface area contributed by atoms with Gasteiger partial charge in [0.1, 0.15) is 12.2 Å². The number of hydrazine groups is 1. The van der Waals surface area contributed by atoms with Crippen molar-refractivity contribution in [2.45, 2.75) is 19.6 Å². The lowest BCUT2D eigenvalue weighted by molar-refractivity contribution is 0.0953. The first-order valence-corrected chi connectivity index (χ1v) is 6.45. The topological polar surface area (TPSA) is 89.1 Å². The minimum absolute atomic E-state index is 0.273. The molecule has 104 valence electrons. The van der Waals surface area contributed by atoms with Crippen molar-refractivity contribution in [1.82, 2.24) is 25.1 Å². The summed E-state index contributed by atoms with van der Waals surface area (Å²) in [6.45, 7) is 3.38. The van der Waals surface area contributed by atoms with Gasteiger partial charge >= 0.3 is 0 Å². The number of nitrogens with one attached hydrogen (secondary N) is 1. The number of carbonyl (C=O) groups excluding carboxylic acids is 1. The van der Waals surface area contributed by atoms with E-state index in [0.717, 1.165) is 37.6 Å². The summed E-state index contributed by atoms with van der Waals surface area (Å²) >= 11 is 0. The molecule has 2 heterocycles. The predicted molar refractivity (Wildman–Crippen MR) is 72.2 cm³/mol. The number of aromatic nitrogens is 3. The minimum atomic E-state index is -0.273. The van der Waals surface area contributed by atoms with Crippen LogP contribution in [0.15, 0.2) is 30.6 Å². The largest absolute Gasteiger partial charge is 0.315 e. The van der Waals surface area contributed by atoms with E-state index in [0.29, 0.717) is 5.56 Å². The zero-order chi connectivity index (χ0) is 13.9. The van der Waals surface area contributed by atoms with E-state index < -0.39 is 0 Å². The van der Waals surface area contributed by atoms with Crippen LogP contribution >= 0.6 is 0 Å². The lowest BCUT2D eigenvalue weighted by Crippen LogP contribution is -2.33. The van der Waals surface area contributed by atoms with Crippen LogP contribution in [0.25, 0.3) is 0 Å². The Morgan fingerprint density at radius 2 is 2.30 bits per heavy atom. The molecule has 1 aromatic heterocycles. The number of hydrogen-bond acceptors (Lipinski definition) is 5. The van der Waals surface area contributed by atoms with E-state index in [9.17, 15) is 4.79 Å². The lowest BCUT2D eigenvalue weighted by atomic mass is 10.1. The maximum Gasteiger partial charge on any atom is 0.265 e. The van der Waals surface area contributed by atoms with Gasteiger partial charge in [-0.05, 0) is 17.7 Å². The van der Waals surface area contributed by atoms with Crippen LogP contribution in [0.4, 0.5) is 0 Å². The summed E-state index contributed by atoms with van der Waals surface area (Å²) in [4.78, 5) is 13.8. The molecule has 0 bridgehead atoms. The van der Waals surface area contributed by atoms with E-state index in [4.69, 9.17) is 5.84 Å². The van der Waals surface area contributed by atoms with Gasteiger partial charge < -0.3 is 4.57 Å². The molecule has 0 atom stereocenters. The van der Waals surface area contributed by atoms with Gasteiger partial charge in [-0.25, -0.2) is 5.84 Å². The molecule has 0 spiro atoms. The zero-order valence-corrected chi connectivity index (χ0v) is 11.0. The van der Waals surface area contributed by atoms with Gasteiger partial charge in [0.15, 0.2) is 0 Å². The molecule has 1 aliphatic rings. The van der Waals surface area contributed by atoms with Crippen LogP contribution in [-0.4, -0.2) is 32.1 Å². The van der Waals surface area contributed by atoms with E-state index in [2.05, 4.69) is 25.1 Å². The molecule has 3 N–H and O–H groups in total. The monoisotopic (exact) mass is 272 g/mol. The molecule has 0 saturated carbocycles. The quantitative estimate of drug-likeness (QED) is 0.462. The molecular weight excluding hydrogens is 256 g/mol. The number of nitrogens with two attached hydrogens (primary N) is 1. The first kappa shape index (κ1) is 12.8. The third-order valence-electron chi connectivity index (χ3n) is 3.44. The Labute approximate surface area is 116 Å². The Bertz CT molecular complexity index is 623. The average molecular weight is 272 g/mol. The van der Waals surface area contributed by atoms with E-state index >= 15 is 0 Å². The van der Waals surface area contributed by atoms with Crippen LogP contribution in [0.5, 0.6) is 0 Å². The standard InChI is InChI=1S/C13H16N6O/c14-16-13(20)11-3-1-2-10(6-11)7-18-4-5-19-9-15-17-12(19)8-18/h1-3,6,9H,4-5,7-8,14H2,(H,16,20). The predicted octanol–water partition coefficient (Wildman–Crippen LogP) is -0.103. The first-order valence-electron chi connectivity index (χ1n) is 6.45. The molecule has 7 heteroatoms. The highest BCUT2D eigenvalue weighted by Gasteiger charge is 2.17. The molecule has 0 saturated heterocycles. The van der Waals surface area contributed by atoms with Gasteiger partial charge in [0.2, 0.25) is 0 Å². The van der Waals surface area contributed by atoms with Crippen LogP contribution in [0.3, 0.4) is 0 Å². The Kier molecular flexibility index (Phi) is 3.44. The fourth-order valence-corrected chi connectivity index (χ4v) is 2.40. The second-order valence-electron chi connectivity index (χ2n) is 4.83. The van der Waals surface area contributed by atoms with E-state index in [-0.39, 0.29) is 5.91 Å². The van der Waals surface area contributed by atoms with E-state index in [1.807, 2.05) is 18.2 Å². The average Bonchev–Trinajstić information content (AvgIpc) is 2.94. The zero-order valence-electron chi connectivity index (χ0n) is 11.0. The number of fused-ring (bicyclic) bond motifs is 1. The summed E-state index contributed by atoms with van der Waals surface area (Å²) in [5.41, 5.74) is 3.80. The summed E-state index contributed by atoms with van der Waals surface area (Å²) in [5.74, 6) is 5.86. The summed E-state index contributed by atoms with van der Waals surface area (Å²) < 4.78 is 2.06. The normalized spacial score (nSPS) is 14.8. The van der Waals surface area contributed by atoms with Crippen LogP contribution in [0, 0.1) is 0 Å². The Morgan fingerprint density at radius 1 is 1.40 bits per heavy atom. The van der Waals surface area contributed by atoms with Crippen molar-refractivity contribution >= 4 is 5.91 Å². The number of nitrogens with zero attached hydrogens (tertiary/aromatic N) is 4. The molecule has 0 radical (unpaired) electrons. The number of amides is 1. The van der Waals surface area contributed by atoms with Gasteiger partial charge in [-0.3, -0.25) is 15.1 Å². The molecule has 0 fully saturated rings. The number of rotatable bonds is 3. The highest BCUT2D eigenvalue weighted by Crippen LogP contribution is 2.14. The molecule has 0 aliphatic carbocycles. The Balaban J connectivity index is 1.71. The number of hydrogen-bond donors (Lipinski definition) is 2. The van der Waals surface area contributed by atoms with Gasteiger partial charge in [-0.2, -0.15) is 0 Å². The molecule has 1 amide bonds. The third kappa shape index (κ3) is 2.54. The highest BCUT2D eigenvalue weighted by molar-refractivity contribution is 5.93.